The van der Waals surface area contributed by atoms with E-state index in [0.717, 1.165) is 58.0 Å². The molecular weight excluding hydrogens is 708 g/mol. The largest absolute Gasteiger partial charge is 0.508 e. The number of phenolic OH excluding ortho intramolecular Hbond substituents is 1. The van der Waals surface area contributed by atoms with Crippen LogP contribution in [0.15, 0.2) is 30.5 Å². The molecule has 2 aliphatic carbocycles. The summed E-state index contributed by atoms with van der Waals surface area (Å²) in [7, 11) is 0. The minimum Gasteiger partial charge on any atom is -0.508 e. The molecule has 4 aromatic rings. The number of ether oxygens (including phenoxy) is 4. The van der Waals surface area contributed by atoms with Crippen molar-refractivity contribution in [2.75, 3.05) is 64.1 Å². The number of hydrogen-bond donors (Lipinski definition) is 2. The van der Waals surface area contributed by atoms with Crippen molar-refractivity contribution in [2.24, 2.45) is 10.8 Å². The number of aliphatic hydroxyl groups is 1. The molecule has 2 aromatic carbocycles. The molecule has 2 bridgehead atoms. The van der Waals surface area contributed by atoms with Crippen LogP contribution < -0.4 is 9.64 Å². The van der Waals surface area contributed by atoms with E-state index in [1.807, 2.05) is 11.8 Å². The van der Waals surface area contributed by atoms with Crippen molar-refractivity contribution in [2.45, 2.75) is 88.6 Å². The van der Waals surface area contributed by atoms with E-state index in [-0.39, 0.29) is 63.7 Å². The van der Waals surface area contributed by atoms with Crippen molar-refractivity contribution in [1.29, 1.82) is 0 Å². The second-order valence-corrected chi connectivity index (χ2v) is 17.5. The monoisotopic (exact) mass is 757 g/mol. The molecule has 2 saturated carbocycles. The third kappa shape index (κ3) is 5.54. The van der Waals surface area contributed by atoms with Crippen LogP contribution in [0.2, 0.25) is 0 Å². The number of likely N-dealkylation sites (tertiary alicyclic amines) is 1. The Morgan fingerprint density at radius 3 is 2.69 bits per heavy atom. The fraction of sp³-hybridized carbons (Fsp3) is 0.595. The third-order valence-electron chi connectivity index (χ3n) is 13.9. The van der Waals surface area contributed by atoms with E-state index < -0.39 is 17.7 Å². The van der Waals surface area contributed by atoms with Gasteiger partial charge in [-0.25, -0.2) is 8.78 Å². The highest BCUT2D eigenvalue weighted by molar-refractivity contribution is 6.01. The first-order valence-corrected chi connectivity index (χ1v) is 20.0. The first-order valence-electron chi connectivity index (χ1n) is 20.0. The predicted octanol–water partition coefficient (Wildman–Crippen LogP) is 5.94. The number of rotatable bonds is 8. The molecule has 11 nitrogen and oxygen atoms in total. The number of aliphatic hydroxyl groups excluding tert-OH is 1. The second kappa shape index (κ2) is 12.9. The number of piperidine rings is 1. The molecule has 7 fully saturated rings. The molecule has 5 saturated heterocycles. The number of aromatic hydroxyl groups is 1. The van der Waals surface area contributed by atoms with Crippen LogP contribution in [0.25, 0.3) is 32.9 Å². The van der Waals surface area contributed by atoms with Crippen LogP contribution in [0.1, 0.15) is 64.4 Å². The maximum absolute atomic E-state index is 17.1. The highest BCUT2D eigenvalue weighted by Gasteiger charge is 2.76. The summed E-state index contributed by atoms with van der Waals surface area (Å²) in [5.41, 5.74) is 0.457. The molecule has 1 spiro atoms. The van der Waals surface area contributed by atoms with Gasteiger partial charge in [0.2, 0.25) is 0 Å². The number of halogens is 2. The summed E-state index contributed by atoms with van der Waals surface area (Å²) in [6.45, 7) is 9.08. The molecular formula is C42H49F2N5O6. The van der Waals surface area contributed by atoms with Crippen LogP contribution in [-0.2, 0) is 20.6 Å². The van der Waals surface area contributed by atoms with Gasteiger partial charge in [0, 0.05) is 48.3 Å². The number of phenols is 1. The number of anilines is 1. The molecule has 7 aliphatic rings. The predicted molar refractivity (Wildman–Crippen MR) is 201 cm³/mol. The van der Waals surface area contributed by atoms with E-state index in [0.29, 0.717) is 73.0 Å². The van der Waals surface area contributed by atoms with Crippen LogP contribution in [0.4, 0.5) is 14.6 Å². The Hall–Kier alpha value is -3.75. The lowest BCUT2D eigenvalue weighted by Crippen LogP contribution is -2.65. The van der Waals surface area contributed by atoms with Gasteiger partial charge in [0.05, 0.1) is 50.1 Å². The summed E-state index contributed by atoms with van der Waals surface area (Å²) >= 11 is 0. The zero-order chi connectivity index (χ0) is 37.7. The minimum absolute atomic E-state index is 0.00252. The molecule has 3 atom stereocenters. The first kappa shape index (κ1) is 35.6. The van der Waals surface area contributed by atoms with Crippen LogP contribution in [0.5, 0.6) is 11.8 Å². The Labute approximate surface area is 318 Å². The molecule has 11 rings (SSSR count). The summed E-state index contributed by atoms with van der Waals surface area (Å²) in [5.74, 6) is -0.820. The van der Waals surface area contributed by atoms with Gasteiger partial charge in [0.25, 0.3) is 0 Å². The van der Waals surface area contributed by atoms with Crippen LogP contribution in [0, 0.1) is 22.5 Å². The maximum atomic E-state index is 17.1. The smallest absolute Gasteiger partial charge is 0.319 e. The quantitative estimate of drug-likeness (QED) is 0.222. The molecule has 0 radical (unpaired) electrons. The molecule has 2 aromatic heterocycles. The van der Waals surface area contributed by atoms with E-state index in [2.05, 4.69) is 16.8 Å². The van der Waals surface area contributed by atoms with Crippen molar-refractivity contribution < 1.29 is 37.9 Å². The Morgan fingerprint density at radius 2 is 1.89 bits per heavy atom. The average Bonchev–Trinajstić information content (AvgIpc) is 3.71. The van der Waals surface area contributed by atoms with Gasteiger partial charge >= 0.3 is 6.01 Å². The summed E-state index contributed by atoms with van der Waals surface area (Å²) in [5, 5.41) is 22.8. The molecule has 292 valence electrons. The van der Waals surface area contributed by atoms with Gasteiger partial charge in [-0.05, 0) is 92.9 Å². The number of hydrogen-bond acceptors (Lipinski definition) is 11. The van der Waals surface area contributed by atoms with Crippen molar-refractivity contribution in [3.63, 3.8) is 0 Å². The van der Waals surface area contributed by atoms with Gasteiger partial charge in [-0.1, -0.05) is 19.4 Å². The van der Waals surface area contributed by atoms with Crippen molar-refractivity contribution in [1.82, 2.24) is 19.9 Å². The van der Waals surface area contributed by atoms with E-state index in [1.54, 1.807) is 12.1 Å². The van der Waals surface area contributed by atoms with Gasteiger partial charge in [0.15, 0.2) is 5.82 Å². The van der Waals surface area contributed by atoms with Gasteiger partial charge in [0.1, 0.15) is 34.2 Å². The Bertz CT molecular complexity index is 2180. The van der Waals surface area contributed by atoms with E-state index in [1.165, 1.54) is 18.3 Å². The summed E-state index contributed by atoms with van der Waals surface area (Å²) < 4.78 is 56.9. The standard InChI is InChI=1S/C42H49F2N5O6/c1-3-28-31(43)8-7-25-14-26(50)15-29(33(25)28)35-34(44)36-30(16-45-35)37(48-12-13-52-18-27(51)17-48)47-38(46-36)54-22-40-9-4-6-32(40)49(11-5-10-40)21-41-19-39(2,20-41)55-42(41)23-53-24-42/h7-8,14-16,27,32,50-51H,3-6,9-13,17-24H2,1-2H3. The molecule has 7 heterocycles. The molecule has 5 aliphatic heterocycles. The lowest BCUT2D eigenvalue weighted by Gasteiger charge is -2.55. The Morgan fingerprint density at radius 1 is 1.05 bits per heavy atom. The van der Waals surface area contributed by atoms with Gasteiger partial charge in [-0.15, -0.1) is 0 Å². The summed E-state index contributed by atoms with van der Waals surface area (Å²) in [6.07, 6.45) is 8.60. The zero-order valence-corrected chi connectivity index (χ0v) is 31.6. The topological polar surface area (TPSA) is 123 Å². The highest BCUT2D eigenvalue weighted by atomic mass is 19.1. The second-order valence-electron chi connectivity index (χ2n) is 17.5. The number of β-amino-alcohol motifs (C(OH)–C–C–N with tert-alkyl or cyclic N) is 1. The number of pyridine rings is 1. The van der Waals surface area contributed by atoms with Crippen LogP contribution in [-0.4, -0.2) is 113 Å². The van der Waals surface area contributed by atoms with Gasteiger partial charge in [-0.3, -0.25) is 9.88 Å². The lowest BCUT2D eigenvalue weighted by molar-refractivity contribution is -0.218. The Kier molecular flexibility index (Phi) is 8.35. The van der Waals surface area contributed by atoms with Crippen molar-refractivity contribution >= 4 is 27.5 Å². The highest BCUT2D eigenvalue weighted by Crippen LogP contribution is 2.69. The fourth-order valence-electron chi connectivity index (χ4n) is 11.6. The van der Waals surface area contributed by atoms with Crippen LogP contribution >= 0.6 is 0 Å². The molecule has 2 N–H and O–H groups in total. The number of nitrogens with zero attached hydrogens (tertiary/aromatic N) is 5. The molecule has 3 unspecified atom stereocenters. The van der Waals surface area contributed by atoms with E-state index in [9.17, 15) is 10.2 Å². The number of aryl methyl sites for hydroxylation is 1. The van der Waals surface area contributed by atoms with E-state index >= 15 is 8.78 Å². The Balaban J connectivity index is 1.02. The average molecular weight is 758 g/mol. The third-order valence-corrected chi connectivity index (χ3v) is 13.9. The molecule has 13 heteroatoms. The van der Waals surface area contributed by atoms with Crippen molar-refractivity contribution in [3.05, 3.63) is 47.7 Å². The molecule has 0 amide bonds. The lowest BCUT2D eigenvalue weighted by atomic mass is 9.55. The number of benzene rings is 2. The van der Waals surface area contributed by atoms with Gasteiger partial charge in [-0.2, -0.15) is 9.97 Å². The summed E-state index contributed by atoms with van der Waals surface area (Å²) in [6, 6.07) is 6.31. The first-order chi connectivity index (χ1) is 26.5. The van der Waals surface area contributed by atoms with E-state index in [4.69, 9.17) is 28.9 Å². The minimum atomic E-state index is -0.773. The SMILES string of the molecule is CCc1c(F)ccc2cc(O)cc(-c3ncc4c(N5CCOCC(O)C5)nc(OCC56CCCC5N(CC57CC(C)(C5)OC75COC5)CCC6)nc4c3F)c12. The summed E-state index contributed by atoms with van der Waals surface area (Å²) in [4.78, 5) is 18.8. The number of aromatic nitrogens is 3. The van der Waals surface area contributed by atoms with Crippen molar-refractivity contribution in [3.8, 4) is 23.0 Å². The number of fused-ring (bicyclic) bond motifs is 3. The van der Waals surface area contributed by atoms with Crippen LogP contribution in [0.3, 0.4) is 0 Å². The fourth-order valence-corrected chi connectivity index (χ4v) is 11.6. The molecule has 55 heavy (non-hydrogen) atoms. The normalized spacial score (nSPS) is 31.4. The zero-order valence-electron chi connectivity index (χ0n) is 31.6. The maximum Gasteiger partial charge on any atom is 0.319 e. The van der Waals surface area contributed by atoms with Gasteiger partial charge < -0.3 is 34.1 Å².